The van der Waals surface area contributed by atoms with Gasteiger partial charge in [-0.3, -0.25) is 4.79 Å². The molecule has 1 aliphatic rings. The summed E-state index contributed by atoms with van der Waals surface area (Å²) in [6.45, 7) is 3.62. The lowest BCUT2D eigenvalue weighted by Gasteiger charge is -2.12. The standard InChI is InChI=1S/C16H21NO3/c1-11-6-5-9-14(12(11)2)16(19)20-10-15(18)17-13-7-3-4-8-13/h5-6,9,13H,3-4,7-8,10H2,1-2H3,(H,17,18). The predicted molar refractivity (Wildman–Crippen MR) is 76.6 cm³/mol. The lowest BCUT2D eigenvalue weighted by atomic mass is 10.0. The largest absolute Gasteiger partial charge is 0.452 e. The monoisotopic (exact) mass is 275 g/mol. The molecular formula is C16H21NO3. The van der Waals surface area contributed by atoms with Crippen molar-refractivity contribution in [1.82, 2.24) is 5.32 Å². The van der Waals surface area contributed by atoms with E-state index in [-0.39, 0.29) is 18.6 Å². The fourth-order valence-electron chi connectivity index (χ4n) is 2.52. The minimum Gasteiger partial charge on any atom is -0.452 e. The highest BCUT2D eigenvalue weighted by atomic mass is 16.5. The molecule has 108 valence electrons. The first-order valence-electron chi connectivity index (χ1n) is 7.10. The van der Waals surface area contributed by atoms with Crippen LogP contribution in [-0.4, -0.2) is 24.5 Å². The molecule has 1 fully saturated rings. The molecule has 0 bridgehead atoms. The van der Waals surface area contributed by atoms with Crippen LogP contribution in [0.25, 0.3) is 0 Å². The fraction of sp³-hybridized carbons (Fsp3) is 0.500. The van der Waals surface area contributed by atoms with Gasteiger partial charge in [0.1, 0.15) is 0 Å². The van der Waals surface area contributed by atoms with Crippen LogP contribution in [0.3, 0.4) is 0 Å². The van der Waals surface area contributed by atoms with Crippen molar-refractivity contribution in [3.05, 3.63) is 34.9 Å². The first-order chi connectivity index (χ1) is 9.58. The Hall–Kier alpha value is -1.84. The second-order valence-electron chi connectivity index (χ2n) is 5.37. The highest BCUT2D eigenvalue weighted by molar-refractivity contribution is 5.93. The number of carbonyl (C=O) groups is 2. The Labute approximate surface area is 119 Å². The van der Waals surface area contributed by atoms with Crippen molar-refractivity contribution in [3.8, 4) is 0 Å². The molecule has 1 aromatic carbocycles. The topological polar surface area (TPSA) is 55.4 Å². The smallest absolute Gasteiger partial charge is 0.338 e. The van der Waals surface area contributed by atoms with Gasteiger partial charge < -0.3 is 10.1 Å². The Morgan fingerprint density at radius 1 is 1.25 bits per heavy atom. The maximum atomic E-state index is 12.0. The molecule has 4 heteroatoms. The van der Waals surface area contributed by atoms with Gasteiger partial charge in [0.05, 0.1) is 5.56 Å². The van der Waals surface area contributed by atoms with E-state index in [4.69, 9.17) is 4.74 Å². The highest BCUT2D eigenvalue weighted by Gasteiger charge is 2.18. The van der Waals surface area contributed by atoms with Crippen LogP contribution in [-0.2, 0) is 9.53 Å². The quantitative estimate of drug-likeness (QED) is 0.859. The number of hydrogen-bond acceptors (Lipinski definition) is 3. The van der Waals surface area contributed by atoms with E-state index in [1.807, 2.05) is 26.0 Å². The zero-order valence-electron chi connectivity index (χ0n) is 12.1. The molecule has 0 spiro atoms. The van der Waals surface area contributed by atoms with E-state index in [1.165, 1.54) is 0 Å². The summed E-state index contributed by atoms with van der Waals surface area (Å²) in [5.74, 6) is -0.650. The molecule has 0 saturated heterocycles. The predicted octanol–water partition coefficient (Wildman–Crippen LogP) is 2.52. The Bertz CT molecular complexity index is 504. The normalized spacial score (nSPS) is 15.1. The van der Waals surface area contributed by atoms with Crippen LogP contribution < -0.4 is 5.32 Å². The van der Waals surface area contributed by atoms with Gasteiger partial charge in [-0.2, -0.15) is 0 Å². The summed E-state index contributed by atoms with van der Waals surface area (Å²) in [7, 11) is 0. The molecule has 4 nitrogen and oxygen atoms in total. The number of rotatable bonds is 4. The van der Waals surface area contributed by atoms with Gasteiger partial charge in [0, 0.05) is 6.04 Å². The van der Waals surface area contributed by atoms with Crippen molar-refractivity contribution >= 4 is 11.9 Å². The summed E-state index contributed by atoms with van der Waals surface area (Å²) in [4.78, 5) is 23.7. The molecule has 0 unspecified atom stereocenters. The second kappa shape index (κ2) is 6.55. The van der Waals surface area contributed by atoms with E-state index < -0.39 is 5.97 Å². The summed E-state index contributed by atoms with van der Waals surface area (Å²) in [6.07, 6.45) is 4.37. The first kappa shape index (κ1) is 14.6. The zero-order chi connectivity index (χ0) is 14.5. The summed E-state index contributed by atoms with van der Waals surface area (Å²) in [5, 5.41) is 2.90. The SMILES string of the molecule is Cc1cccc(C(=O)OCC(=O)NC2CCCC2)c1C. The van der Waals surface area contributed by atoms with Gasteiger partial charge in [0.25, 0.3) is 5.91 Å². The second-order valence-corrected chi connectivity index (χ2v) is 5.37. The average Bonchev–Trinajstić information content (AvgIpc) is 2.92. The third-order valence-corrected chi connectivity index (χ3v) is 3.88. The third kappa shape index (κ3) is 3.59. The third-order valence-electron chi connectivity index (χ3n) is 3.88. The molecule has 1 aliphatic carbocycles. The number of nitrogens with one attached hydrogen (secondary N) is 1. The maximum absolute atomic E-state index is 12.0. The van der Waals surface area contributed by atoms with Crippen molar-refractivity contribution < 1.29 is 14.3 Å². The van der Waals surface area contributed by atoms with Crippen LogP contribution in [0.5, 0.6) is 0 Å². The van der Waals surface area contributed by atoms with Gasteiger partial charge in [-0.1, -0.05) is 25.0 Å². The summed E-state index contributed by atoms with van der Waals surface area (Å²) in [5.41, 5.74) is 2.46. The first-order valence-corrected chi connectivity index (χ1v) is 7.10. The number of aryl methyl sites for hydroxylation is 1. The minimum atomic E-state index is -0.437. The van der Waals surface area contributed by atoms with Gasteiger partial charge >= 0.3 is 5.97 Å². The molecule has 1 saturated carbocycles. The summed E-state index contributed by atoms with van der Waals surface area (Å²) < 4.78 is 5.09. The summed E-state index contributed by atoms with van der Waals surface area (Å²) >= 11 is 0. The minimum absolute atomic E-state index is 0.206. The highest BCUT2D eigenvalue weighted by Crippen LogP contribution is 2.17. The molecule has 0 aliphatic heterocycles. The molecule has 0 heterocycles. The molecule has 1 aromatic rings. The van der Waals surface area contributed by atoms with Gasteiger partial charge in [-0.05, 0) is 43.9 Å². The fourth-order valence-corrected chi connectivity index (χ4v) is 2.52. The van der Waals surface area contributed by atoms with E-state index in [0.29, 0.717) is 5.56 Å². The number of hydrogen-bond donors (Lipinski definition) is 1. The van der Waals surface area contributed by atoms with E-state index in [9.17, 15) is 9.59 Å². The van der Waals surface area contributed by atoms with Gasteiger partial charge in [-0.15, -0.1) is 0 Å². The van der Waals surface area contributed by atoms with Gasteiger partial charge in [-0.25, -0.2) is 4.79 Å². The lowest BCUT2D eigenvalue weighted by molar-refractivity contribution is -0.124. The van der Waals surface area contributed by atoms with E-state index in [1.54, 1.807) is 6.07 Å². The Kier molecular flexibility index (Phi) is 4.77. The van der Waals surface area contributed by atoms with Gasteiger partial charge in [0.2, 0.25) is 0 Å². The molecule has 0 radical (unpaired) electrons. The van der Waals surface area contributed by atoms with E-state index in [2.05, 4.69) is 5.32 Å². The number of esters is 1. The van der Waals surface area contributed by atoms with Crippen molar-refractivity contribution in [3.63, 3.8) is 0 Å². The molecule has 0 atom stereocenters. The van der Waals surface area contributed by atoms with E-state index in [0.717, 1.165) is 36.8 Å². The van der Waals surface area contributed by atoms with Crippen LogP contribution in [0.4, 0.5) is 0 Å². The Morgan fingerprint density at radius 2 is 1.95 bits per heavy atom. The Balaban J connectivity index is 1.85. The number of benzene rings is 1. The van der Waals surface area contributed by atoms with E-state index >= 15 is 0 Å². The van der Waals surface area contributed by atoms with Crippen molar-refractivity contribution in [2.24, 2.45) is 0 Å². The molecule has 20 heavy (non-hydrogen) atoms. The zero-order valence-corrected chi connectivity index (χ0v) is 12.1. The molecule has 1 amide bonds. The van der Waals surface area contributed by atoms with Crippen molar-refractivity contribution in [2.75, 3.05) is 6.61 Å². The van der Waals surface area contributed by atoms with Crippen molar-refractivity contribution in [2.45, 2.75) is 45.6 Å². The number of amides is 1. The maximum Gasteiger partial charge on any atom is 0.338 e. The van der Waals surface area contributed by atoms with Crippen LogP contribution >= 0.6 is 0 Å². The van der Waals surface area contributed by atoms with Crippen molar-refractivity contribution in [1.29, 1.82) is 0 Å². The molecule has 1 N–H and O–H groups in total. The van der Waals surface area contributed by atoms with Crippen LogP contribution in [0, 0.1) is 13.8 Å². The average molecular weight is 275 g/mol. The molecular weight excluding hydrogens is 254 g/mol. The lowest BCUT2D eigenvalue weighted by Crippen LogP contribution is -2.35. The summed E-state index contributed by atoms with van der Waals surface area (Å²) in [6, 6.07) is 5.73. The van der Waals surface area contributed by atoms with Crippen LogP contribution in [0.2, 0.25) is 0 Å². The number of ether oxygens (including phenoxy) is 1. The van der Waals surface area contributed by atoms with Gasteiger partial charge in [0.15, 0.2) is 6.61 Å². The van der Waals surface area contributed by atoms with Crippen LogP contribution in [0.15, 0.2) is 18.2 Å². The number of carbonyl (C=O) groups excluding carboxylic acids is 2. The Morgan fingerprint density at radius 3 is 2.65 bits per heavy atom. The molecule has 0 aromatic heterocycles. The molecule has 2 rings (SSSR count). The van der Waals surface area contributed by atoms with Crippen LogP contribution in [0.1, 0.15) is 47.2 Å².